The van der Waals surface area contributed by atoms with Gasteiger partial charge in [-0.2, -0.15) is 0 Å². The maximum atomic E-state index is 11.7. The quantitative estimate of drug-likeness (QED) is 0.723. The number of hydrogen-bond acceptors (Lipinski definition) is 2. The van der Waals surface area contributed by atoms with Crippen LogP contribution in [0.15, 0.2) is 0 Å². The minimum atomic E-state index is 0. The van der Waals surface area contributed by atoms with Crippen LogP contribution in [0.4, 0.5) is 0 Å². The molecule has 102 valence electrons. The molecule has 1 aliphatic rings. The van der Waals surface area contributed by atoms with Crippen molar-refractivity contribution < 1.29 is 4.79 Å². The molecule has 0 aromatic heterocycles. The Bertz CT molecular complexity index is 206. The van der Waals surface area contributed by atoms with Gasteiger partial charge < -0.3 is 11.1 Å². The summed E-state index contributed by atoms with van der Waals surface area (Å²) in [5, 5.41) is 2.95. The van der Waals surface area contributed by atoms with Gasteiger partial charge in [0.15, 0.2) is 0 Å². The Balaban J connectivity index is 0.00000256. The first-order chi connectivity index (χ1) is 7.74. The molecule has 1 saturated carbocycles. The Hall–Kier alpha value is -0.280. The van der Waals surface area contributed by atoms with Crippen molar-refractivity contribution in [2.45, 2.75) is 51.9 Å². The van der Waals surface area contributed by atoms with Gasteiger partial charge in [0.25, 0.3) is 0 Å². The van der Waals surface area contributed by atoms with Crippen LogP contribution >= 0.6 is 12.4 Å². The lowest BCUT2D eigenvalue weighted by atomic mass is 9.83. The van der Waals surface area contributed by atoms with Gasteiger partial charge in [-0.05, 0) is 25.3 Å². The van der Waals surface area contributed by atoms with Crippen LogP contribution < -0.4 is 11.1 Å². The first kappa shape index (κ1) is 16.7. The fourth-order valence-electron chi connectivity index (χ4n) is 2.52. The summed E-state index contributed by atoms with van der Waals surface area (Å²) >= 11 is 0. The molecule has 1 unspecified atom stereocenters. The van der Waals surface area contributed by atoms with Gasteiger partial charge in [-0.15, -0.1) is 12.4 Å². The van der Waals surface area contributed by atoms with Crippen LogP contribution in [0, 0.1) is 11.8 Å². The molecule has 0 saturated heterocycles. The minimum Gasteiger partial charge on any atom is -0.356 e. The molecule has 0 bridgehead atoms. The molecule has 0 spiro atoms. The Morgan fingerprint density at radius 3 is 2.59 bits per heavy atom. The number of halogens is 1. The zero-order valence-corrected chi connectivity index (χ0v) is 11.7. The Morgan fingerprint density at radius 2 is 2.00 bits per heavy atom. The van der Waals surface area contributed by atoms with E-state index in [1.807, 2.05) is 6.92 Å². The van der Waals surface area contributed by atoms with Crippen molar-refractivity contribution in [3.05, 3.63) is 0 Å². The van der Waals surface area contributed by atoms with E-state index in [4.69, 9.17) is 5.73 Å². The molecule has 0 heterocycles. The second-order valence-electron chi connectivity index (χ2n) is 5.07. The van der Waals surface area contributed by atoms with Gasteiger partial charge in [0.1, 0.15) is 0 Å². The van der Waals surface area contributed by atoms with Crippen LogP contribution in [0.3, 0.4) is 0 Å². The molecule has 1 amide bonds. The minimum absolute atomic E-state index is 0. The van der Waals surface area contributed by atoms with Crippen LogP contribution in [-0.4, -0.2) is 19.0 Å². The second-order valence-corrected chi connectivity index (χ2v) is 5.07. The van der Waals surface area contributed by atoms with Crippen molar-refractivity contribution in [1.29, 1.82) is 0 Å². The predicted molar refractivity (Wildman–Crippen MR) is 74.3 cm³/mol. The molecule has 1 atom stereocenters. The van der Waals surface area contributed by atoms with Gasteiger partial charge in [0.05, 0.1) is 0 Å². The first-order valence-corrected chi connectivity index (χ1v) is 6.71. The van der Waals surface area contributed by atoms with Crippen molar-refractivity contribution in [2.24, 2.45) is 17.6 Å². The number of carbonyl (C=O) groups is 1. The van der Waals surface area contributed by atoms with Crippen molar-refractivity contribution in [2.75, 3.05) is 13.1 Å². The molecule has 1 fully saturated rings. The zero-order valence-electron chi connectivity index (χ0n) is 10.9. The lowest BCUT2D eigenvalue weighted by Gasteiger charge is -2.24. The highest BCUT2D eigenvalue weighted by Crippen LogP contribution is 2.28. The van der Waals surface area contributed by atoms with E-state index in [1.165, 1.54) is 32.1 Å². The van der Waals surface area contributed by atoms with E-state index in [1.54, 1.807) is 0 Å². The summed E-state index contributed by atoms with van der Waals surface area (Å²) in [5.41, 5.74) is 5.39. The molecule has 3 nitrogen and oxygen atoms in total. The van der Waals surface area contributed by atoms with E-state index >= 15 is 0 Å². The Labute approximate surface area is 111 Å². The van der Waals surface area contributed by atoms with Crippen LogP contribution in [-0.2, 0) is 4.79 Å². The summed E-state index contributed by atoms with van der Waals surface area (Å²) in [6.45, 7) is 3.42. The number of nitrogens with one attached hydrogen (secondary N) is 1. The molecular weight excluding hydrogens is 236 g/mol. The number of hydrogen-bond donors (Lipinski definition) is 2. The van der Waals surface area contributed by atoms with Crippen LogP contribution in [0.5, 0.6) is 0 Å². The molecule has 1 rings (SSSR count). The topological polar surface area (TPSA) is 55.1 Å². The fourth-order valence-corrected chi connectivity index (χ4v) is 2.52. The molecule has 0 aliphatic heterocycles. The lowest BCUT2D eigenvalue weighted by molar-refractivity contribution is -0.125. The van der Waals surface area contributed by atoms with Crippen molar-refractivity contribution in [3.8, 4) is 0 Å². The average molecular weight is 263 g/mol. The van der Waals surface area contributed by atoms with Crippen molar-refractivity contribution in [3.63, 3.8) is 0 Å². The molecule has 0 aromatic rings. The number of nitrogens with two attached hydrogens (primary N) is 1. The van der Waals surface area contributed by atoms with E-state index in [0.29, 0.717) is 6.54 Å². The highest BCUT2D eigenvalue weighted by atomic mass is 35.5. The summed E-state index contributed by atoms with van der Waals surface area (Å²) in [6, 6.07) is 0. The van der Waals surface area contributed by atoms with E-state index in [-0.39, 0.29) is 24.2 Å². The third kappa shape index (κ3) is 6.89. The zero-order chi connectivity index (χ0) is 11.8. The smallest absolute Gasteiger partial charge is 0.222 e. The van der Waals surface area contributed by atoms with Crippen molar-refractivity contribution in [1.82, 2.24) is 5.32 Å². The Morgan fingerprint density at radius 1 is 1.35 bits per heavy atom. The number of carbonyl (C=O) groups excluding carboxylic acids is 1. The van der Waals surface area contributed by atoms with Gasteiger partial charge in [-0.3, -0.25) is 4.79 Å². The molecule has 4 heteroatoms. The van der Waals surface area contributed by atoms with Gasteiger partial charge >= 0.3 is 0 Å². The summed E-state index contributed by atoms with van der Waals surface area (Å²) in [4.78, 5) is 11.7. The summed E-state index contributed by atoms with van der Waals surface area (Å²) in [5.74, 6) is 1.16. The molecule has 1 aliphatic carbocycles. The monoisotopic (exact) mass is 262 g/mol. The first-order valence-electron chi connectivity index (χ1n) is 6.71. The van der Waals surface area contributed by atoms with Crippen molar-refractivity contribution >= 4 is 18.3 Å². The third-order valence-electron chi connectivity index (χ3n) is 3.54. The predicted octanol–water partition coefficient (Wildman–Crippen LogP) is 2.48. The highest BCUT2D eigenvalue weighted by Gasteiger charge is 2.20. The number of rotatable bonds is 6. The standard InChI is InChI=1S/C13H26N2O.ClH/c1-11(13(16)15-9-5-8-14)10-12-6-3-2-4-7-12;/h11-12H,2-10,14H2,1H3,(H,15,16);1H. The largest absolute Gasteiger partial charge is 0.356 e. The maximum Gasteiger partial charge on any atom is 0.222 e. The van der Waals surface area contributed by atoms with E-state index in [0.717, 1.165) is 25.3 Å². The number of amides is 1. The van der Waals surface area contributed by atoms with Gasteiger partial charge in [0, 0.05) is 12.5 Å². The lowest BCUT2D eigenvalue weighted by Crippen LogP contribution is -2.32. The summed E-state index contributed by atoms with van der Waals surface area (Å²) in [6.07, 6.45) is 8.67. The maximum absolute atomic E-state index is 11.7. The SMILES string of the molecule is CC(CC1CCCCC1)C(=O)NCCCN.Cl. The summed E-state index contributed by atoms with van der Waals surface area (Å²) in [7, 11) is 0. The fraction of sp³-hybridized carbons (Fsp3) is 0.923. The molecular formula is C13H27ClN2O. The van der Waals surface area contributed by atoms with E-state index in [9.17, 15) is 4.79 Å². The normalized spacial score (nSPS) is 18.2. The Kier molecular flexibility index (Phi) is 9.56. The third-order valence-corrected chi connectivity index (χ3v) is 3.54. The van der Waals surface area contributed by atoms with Crippen LogP contribution in [0.2, 0.25) is 0 Å². The molecule has 0 aromatic carbocycles. The van der Waals surface area contributed by atoms with E-state index in [2.05, 4.69) is 5.32 Å². The average Bonchev–Trinajstić information content (AvgIpc) is 2.30. The molecule has 0 radical (unpaired) electrons. The molecule has 3 N–H and O–H groups in total. The van der Waals surface area contributed by atoms with Gasteiger partial charge in [-0.1, -0.05) is 39.0 Å². The van der Waals surface area contributed by atoms with Gasteiger partial charge in [0.2, 0.25) is 5.91 Å². The van der Waals surface area contributed by atoms with E-state index < -0.39 is 0 Å². The van der Waals surface area contributed by atoms with Crippen LogP contribution in [0.25, 0.3) is 0 Å². The second kappa shape index (κ2) is 9.72. The summed E-state index contributed by atoms with van der Waals surface area (Å²) < 4.78 is 0. The van der Waals surface area contributed by atoms with Gasteiger partial charge in [-0.25, -0.2) is 0 Å². The highest BCUT2D eigenvalue weighted by molar-refractivity contribution is 5.85. The molecule has 17 heavy (non-hydrogen) atoms. The van der Waals surface area contributed by atoms with Crippen LogP contribution in [0.1, 0.15) is 51.9 Å².